The van der Waals surface area contributed by atoms with Gasteiger partial charge in [-0.25, -0.2) is 8.78 Å². The molecule has 0 aliphatic heterocycles. The Kier molecular flexibility index (Phi) is 5.18. The third-order valence-corrected chi connectivity index (χ3v) is 2.01. The molecule has 1 aromatic heterocycles. The highest BCUT2D eigenvalue weighted by Gasteiger charge is 2.14. The molecule has 1 heterocycles. The molecule has 0 aliphatic carbocycles. The van der Waals surface area contributed by atoms with Gasteiger partial charge < -0.3 is 9.64 Å². The van der Waals surface area contributed by atoms with Crippen molar-refractivity contribution in [3.8, 4) is 5.88 Å². The maximum Gasteiger partial charge on any atom is 0.255 e. The van der Waals surface area contributed by atoms with E-state index in [0.717, 1.165) is 0 Å². The summed E-state index contributed by atoms with van der Waals surface area (Å²) in [6, 6.07) is 0. The SMILES string of the molecule is COc1cncc(N(CCCl)CC(F)F)n1. The van der Waals surface area contributed by atoms with Gasteiger partial charge in [0.2, 0.25) is 5.88 Å². The fourth-order valence-electron chi connectivity index (χ4n) is 1.16. The molecule has 0 N–H and O–H groups in total. The van der Waals surface area contributed by atoms with Crippen LogP contribution in [-0.4, -0.2) is 42.5 Å². The molecule has 90 valence electrons. The molecule has 0 radical (unpaired) electrons. The number of aromatic nitrogens is 2. The highest BCUT2D eigenvalue weighted by Crippen LogP contribution is 2.14. The van der Waals surface area contributed by atoms with Crippen molar-refractivity contribution in [3.05, 3.63) is 12.4 Å². The zero-order valence-electron chi connectivity index (χ0n) is 8.74. The van der Waals surface area contributed by atoms with Crippen molar-refractivity contribution in [2.75, 3.05) is 31.0 Å². The molecule has 1 rings (SSSR count). The van der Waals surface area contributed by atoms with Crippen LogP contribution in [0.5, 0.6) is 5.88 Å². The minimum absolute atomic E-state index is 0.242. The summed E-state index contributed by atoms with van der Waals surface area (Å²) < 4.78 is 29.5. The van der Waals surface area contributed by atoms with E-state index < -0.39 is 13.0 Å². The molecule has 0 atom stereocenters. The maximum atomic E-state index is 12.3. The largest absolute Gasteiger partial charge is 0.480 e. The van der Waals surface area contributed by atoms with E-state index in [0.29, 0.717) is 5.82 Å². The molecule has 0 amide bonds. The highest BCUT2D eigenvalue weighted by atomic mass is 35.5. The lowest BCUT2D eigenvalue weighted by Crippen LogP contribution is -2.31. The van der Waals surface area contributed by atoms with Crippen LogP contribution in [0.2, 0.25) is 0 Å². The summed E-state index contributed by atoms with van der Waals surface area (Å²) in [5, 5.41) is 0. The Hall–Kier alpha value is -1.17. The smallest absolute Gasteiger partial charge is 0.255 e. The number of halogens is 3. The van der Waals surface area contributed by atoms with E-state index in [4.69, 9.17) is 16.3 Å². The average Bonchev–Trinajstić information content (AvgIpc) is 2.28. The van der Waals surface area contributed by atoms with E-state index >= 15 is 0 Å². The zero-order chi connectivity index (χ0) is 12.0. The summed E-state index contributed by atoms with van der Waals surface area (Å²) in [6.07, 6.45) is 0.360. The molecule has 0 aromatic carbocycles. The predicted octanol–water partition coefficient (Wildman–Crippen LogP) is 1.80. The van der Waals surface area contributed by atoms with Gasteiger partial charge in [0.25, 0.3) is 6.43 Å². The fraction of sp³-hybridized carbons (Fsp3) is 0.556. The Labute approximate surface area is 97.2 Å². The van der Waals surface area contributed by atoms with Crippen LogP contribution in [0.1, 0.15) is 0 Å². The van der Waals surface area contributed by atoms with Crippen LogP contribution in [0, 0.1) is 0 Å². The molecule has 7 heteroatoms. The van der Waals surface area contributed by atoms with Crippen molar-refractivity contribution in [2.45, 2.75) is 6.43 Å². The second kappa shape index (κ2) is 6.42. The third kappa shape index (κ3) is 3.77. The minimum atomic E-state index is -2.45. The molecular formula is C9H12ClF2N3O. The standard InChI is InChI=1S/C9H12ClF2N3O/c1-16-9-5-13-4-8(14-9)15(3-2-10)6-7(11)12/h4-5,7H,2-3,6H2,1H3. The summed E-state index contributed by atoms with van der Waals surface area (Å²) in [5.74, 6) is 0.859. The van der Waals surface area contributed by atoms with Gasteiger partial charge >= 0.3 is 0 Å². The van der Waals surface area contributed by atoms with Gasteiger partial charge in [-0.2, -0.15) is 4.98 Å². The topological polar surface area (TPSA) is 38.2 Å². The predicted molar refractivity (Wildman–Crippen MR) is 57.5 cm³/mol. The molecule has 0 aliphatic rings. The number of anilines is 1. The molecule has 1 aromatic rings. The van der Waals surface area contributed by atoms with E-state index in [-0.39, 0.29) is 18.3 Å². The average molecular weight is 252 g/mol. The first-order valence-corrected chi connectivity index (χ1v) is 5.16. The summed E-state index contributed by atoms with van der Waals surface area (Å²) >= 11 is 5.54. The molecule has 0 spiro atoms. The Balaban J connectivity index is 2.82. The van der Waals surface area contributed by atoms with E-state index in [2.05, 4.69) is 9.97 Å². The van der Waals surface area contributed by atoms with Gasteiger partial charge in [-0.1, -0.05) is 0 Å². The van der Waals surface area contributed by atoms with E-state index in [1.807, 2.05) is 0 Å². The van der Waals surface area contributed by atoms with Gasteiger partial charge in [0.1, 0.15) is 0 Å². The molecular weight excluding hydrogens is 240 g/mol. The van der Waals surface area contributed by atoms with Crippen molar-refractivity contribution in [1.82, 2.24) is 9.97 Å². The monoisotopic (exact) mass is 251 g/mol. The zero-order valence-corrected chi connectivity index (χ0v) is 9.49. The number of ether oxygens (including phenoxy) is 1. The molecule has 0 unspecified atom stereocenters. The maximum absolute atomic E-state index is 12.3. The first-order chi connectivity index (χ1) is 7.67. The van der Waals surface area contributed by atoms with E-state index in [1.165, 1.54) is 24.4 Å². The number of alkyl halides is 3. The lowest BCUT2D eigenvalue weighted by Gasteiger charge is -2.21. The Bertz CT molecular complexity index is 327. The van der Waals surface area contributed by atoms with Gasteiger partial charge in [0, 0.05) is 12.4 Å². The van der Waals surface area contributed by atoms with Crippen molar-refractivity contribution in [1.29, 1.82) is 0 Å². The Morgan fingerprint density at radius 3 is 2.81 bits per heavy atom. The van der Waals surface area contributed by atoms with Gasteiger partial charge in [0.15, 0.2) is 5.82 Å². The number of hydrogen-bond donors (Lipinski definition) is 0. The normalized spacial score (nSPS) is 10.6. The molecule has 0 bridgehead atoms. The first-order valence-electron chi connectivity index (χ1n) is 4.62. The second-order valence-electron chi connectivity index (χ2n) is 2.95. The first kappa shape index (κ1) is 12.9. The van der Waals surface area contributed by atoms with Crippen LogP contribution < -0.4 is 9.64 Å². The van der Waals surface area contributed by atoms with Crippen LogP contribution in [-0.2, 0) is 0 Å². The van der Waals surface area contributed by atoms with Crippen LogP contribution in [0.4, 0.5) is 14.6 Å². The summed E-state index contributed by atoms with van der Waals surface area (Å²) in [4.78, 5) is 9.23. The Morgan fingerprint density at radius 2 is 2.25 bits per heavy atom. The van der Waals surface area contributed by atoms with E-state index in [1.54, 1.807) is 0 Å². The van der Waals surface area contributed by atoms with Crippen LogP contribution in [0.3, 0.4) is 0 Å². The molecule has 0 saturated heterocycles. The highest BCUT2D eigenvalue weighted by molar-refractivity contribution is 6.18. The van der Waals surface area contributed by atoms with Crippen LogP contribution in [0.15, 0.2) is 12.4 Å². The summed E-state index contributed by atoms with van der Waals surface area (Å²) in [7, 11) is 1.44. The lowest BCUT2D eigenvalue weighted by atomic mass is 10.4. The number of rotatable bonds is 6. The second-order valence-corrected chi connectivity index (χ2v) is 3.32. The summed E-state index contributed by atoms with van der Waals surface area (Å²) in [5.41, 5.74) is 0. The van der Waals surface area contributed by atoms with Gasteiger partial charge in [-0.3, -0.25) is 4.98 Å². The molecule has 0 saturated carbocycles. The van der Waals surface area contributed by atoms with Gasteiger partial charge in [0.05, 0.1) is 26.0 Å². The molecule has 4 nitrogen and oxygen atoms in total. The minimum Gasteiger partial charge on any atom is -0.480 e. The number of methoxy groups -OCH3 is 1. The molecule has 0 fully saturated rings. The number of nitrogens with zero attached hydrogens (tertiary/aromatic N) is 3. The Morgan fingerprint density at radius 1 is 1.50 bits per heavy atom. The lowest BCUT2D eigenvalue weighted by molar-refractivity contribution is 0.155. The van der Waals surface area contributed by atoms with Crippen LogP contribution in [0.25, 0.3) is 0 Å². The fourth-order valence-corrected chi connectivity index (χ4v) is 1.36. The van der Waals surface area contributed by atoms with Gasteiger partial charge in [-0.05, 0) is 0 Å². The van der Waals surface area contributed by atoms with Gasteiger partial charge in [-0.15, -0.1) is 11.6 Å². The van der Waals surface area contributed by atoms with Crippen LogP contribution >= 0.6 is 11.6 Å². The van der Waals surface area contributed by atoms with Crippen molar-refractivity contribution in [3.63, 3.8) is 0 Å². The molecule has 16 heavy (non-hydrogen) atoms. The summed E-state index contributed by atoms with van der Waals surface area (Å²) in [6.45, 7) is -0.137. The van der Waals surface area contributed by atoms with Crippen molar-refractivity contribution < 1.29 is 13.5 Å². The number of hydrogen-bond acceptors (Lipinski definition) is 4. The third-order valence-electron chi connectivity index (χ3n) is 1.85. The van der Waals surface area contributed by atoms with Crippen molar-refractivity contribution >= 4 is 17.4 Å². The quantitative estimate of drug-likeness (QED) is 0.723. The van der Waals surface area contributed by atoms with E-state index in [9.17, 15) is 8.78 Å². The van der Waals surface area contributed by atoms with Crippen molar-refractivity contribution in [2.24, 2.45) is 0 Å².